The van der Waals surface area contributed by atoms with Crippen molar-refractivity contribution in [2.75, 3.05) is 0 Å². The molecule has 1 atom stereocenters. The van der Waals surface area contributed by atoms with E-state index in [4.69, 9.17) is 0 Å². The average molecular weight is 255 g/mol. The molecule has 0 spiro atoms. The van der Waals surface area contributed by atoms with Crippen molar-refractivity contribution >= 4 is 17.7 Å². The van der Waals surface area contributed by atoms with E-state index >= 15 is 0 Å². The summed E-state index contributed by atoms with van der Waals surface area (Å²) in [6, 6.07) is 1.43. The number of nitrogens with one attached hydrogen (secondary N) is 1. The van der Waals surface area contributed by atoms with Crippen LogP contribution in [0.3, 0.4) is 0 Å². The van der Waals surface area contributed by atoms with E-state index in [1.807, 2.05) is 13.8 Å². The topological polar surface area (TPSA) is 85.9 Å². The van der Waals surface area contributed by atoms with Gasteiger partial charge >= 0.3 is 0 Å². The first-order valence-corrected chi connectivity index (χ1v) is 6.30. The predicted molar refractivity (Wildman–Crippen MR) is 63.9 cm³/mol. The third-order valence-corrected chi connectivity index (χ3v) is 3.45. The Morgan fingerprint density at radius 3 is 2.71 bits per heavy atom. The number of hydrogen-bond donors (Lipinski definition) is 1. The number of hydrogen-bond acceptors (Lipinski definition) is 5. The van der Waals surface area contributed by atoms with Gasteiger partial charge in [-0.1, -0.05) is 32.5 Å². The Bertz CT molecular complexity index is 456. The highest BCUT2D eigenvalue weighted by Crippen LogP contribution is 2.22. The molecule has 17 heavy (non-hydrogen) atoms. The van der Waals surface area contributed by atoms with Gasteiger partial charge in [0, 0.05) is 6.07 Å². The number of aromatic nitrogens is 2. The number of rotatable bonds is 5. The standard InChI is InChI=1S/C11H16N2O3S/c1-4-8(10(15)16)17-11-12-7(6(2)3)5-9(14)13-11/h5-6,8H,4H2,1-3H3,(H,15,16)(H,12,13,14)/p-1/t8-/m0/s1. The van der Waals surface area contributed by atoms with Crippen molar-refractivity contribution in [3.05, 3.63) is 22.1 Å². The van der Waals surface area contributed by atoms with Gasteiger partial charge in [0.25, 0.3) is 5.56 Å². The minimum Gasteiger partial charge on any atom is -0.549 e. The van der Waals surface area contributed by atoms with E-state index in [0.29, 0.717) is 17.3 Å². The van der Waals surface area contributed by atoms with Crippen molar-refractivity contribution in [3.8, 4) is 0 Å². The summed E-state index contributed by atoms with van der Waals surface area (Å²) in [6.07, 6.45) is 0.419. The zero-order valence-corrected chi connectivity index (χ0v) is 10.8. The minimum absolute atomic E-state index is 0.125. The van der Waals surface area contributed by atoms with Crippen LogP contribution in [0.15, 0.2) is 16.0 Å². The summed E-state index contributed by atoms with van der Waals surface area (Å²) in [7, 11) is 0. The number of H-pyrrole nitrogens is 1. The van der Waals surface area contributed by atoms with E-state index in [2.05, 4.69) is 9.97 Å². The van der Waals surface area contributed by atoms with Gasteiger partial charge in [-0.15, -0.1) is 0 Å². The Labute approximate surface area is 104 Å². The van der Waals surface area contributed by atoms with Crippen LogP contribution in [0.25, 0.3) is 0 Å². The van der Waals surface area contributed by atoms with Crippen LogP contribution >= 0.6 is 11.8 Å². The van der Waals surface area contributed by atoms with Gasteiger partial charge < -0.3 is 14.9 Å². The van der Waals surface area contributed by atoms with E-state index in [0.717, 1.165) is 11.8 Å². The summed E-state index contributed by atoms with van der Waals surface area (Å²) in [6.45, 7) is 5.59. The second kappa shape index (κ2) is 5.86. The third kappa shape index (κ3) is 3.89. The van der Waals surface area contributed by atoms with Crippen molar-refractivity contribution in [3.63, 3.8) is 0 Å². The Balaban J connectivity index is 2.98. The molecule has 1 heterocycles. The Kier molecular flexibility index (Phi) is 4.74. The number of nitrogens with zero attached hydrogens (tertiary/aromatic N) is 1. The predicted octanol–water partition coefficient (Wildman–Crippen LogP) is 0.514. The molecule has 1 aromatic heterocycles. The lowest BCUT2D eigenvalue weighted by Gasteiger charge is -2.15. The van der Waals surface area contributed by atoms with Crippen molar-refractivity contribution in [1.82, 2.24) is 9.97 Å². The molecule has 0 radical (unpaired) electrons. The molecular weight excluding hydrogens is 240 g/mol. The lowest BCUT2D eigenvalue weighted by molar-refractivity contribution is -0.304. The number of thioether (sulfide) groups is 1. The van der Waals surface area contributed by atoms with Crippen molar-refractivity contribution in [2.24, 2.45) is 0 Å². The summed E-state index contributed by atoms with van der Waals surface area (Å²) in [5, 5.41) is 10.4. The summed E-state index contributed by atoms with van der Waals surface area (Å²) in [4.78, 5) is 28.9. The van der Waals surface area contributed by atoms with Gasteiger partial charge in [-0.2, -0.15) is 0 Å². The maximum absolute atomic E-state index is 11.4. The number of carbonyl (C=O) groups excluding carboxylic acids is 1. The number of aliphatic carboxylic acids is 1. The minimum atomic E-state index is -1.14. The van der Waals surface area contributed by atoms with Gasteiger partial charge in [0.15, 0.2) is 5.16 Å². The smallest absolute Gasteiger partial charge is 0.251 e. The molecule has 0 saturated heterocycles. The highest BCUT2D eigenvalue weighted by Gasteiger charge is 2.12. The van der Waals surface area contributed by atoms with Gasteiger partial charge in [0.05, 0.1) is 16.9 Å². The van der Waals surface area contributed by atoms with Crippen molar-refractivity contribution in [2.45, 2.75) is 43.5 Å². The van der Waals surface area contributed by atoms with Crippen LogP contribution in [-0.2, 0) is 4.79 Å². The number of aromatic amines is 1. The van der Waals surface area contributed by atoms with E-state index < -0.39 is 11.2 Å². The van der Waals surface area contributed by atoms with Crippen LogP contribution in [0.1, 0.15) is 38.8 Å². The first-order chi connectivity index (χ1) is 7.93. The maximum atomic E-state index is 11.4. The molecule has 0 saturated carbocycles. The van der Waals surface area contributed by atoms with Gasteiger partial charge in [-0.05, 0) is 12.3 Å². The monoisotopic (exact) mass is 255 g/mol. The molecule has 0 bridgehead atoms. The molecule has 94 valence electrons. The normalized spacial score (nSPS) is 12.7. The van der Waals surface area contributed by atoms with Crippen LogP contribution in [-0.4, -0.2) is 21.2 Å². The van der Waals surface area contributed by atoms with Gasteiger partial charge in [-0.3, -0.25) is 4.79 Å². The fourth-order valence-corrected chi connectivity index (χ4v) is 2.09. The third-order valence-electron chi connectivity index (χ3n) is 2.22. The van der Waals surface area contributed by atoms with Crippen LogP contribution in [0.5, 0.6) is 0 Å². The SMILES string of the molecule is CC[C@H](Sc1nc(C(C)C)cc(=O)[nH]1)C(=O)[O-]. The molecule has 0 amide bonds. The molecule has 0 aliphatic rings. The second-order valence-corrected chi connectivity index (χ2v) is 5.16. The number of carboxylic acids is 1. The molecular formula is C11H15N2O3S-. The van der Waals surface area contributed by atoms with Crippen LogP contribution < -0.4 is 10.7 Å². The molecule has 1 rings (SSSR count). The number of carboxylic acid groups (broad SMARTS) is 1. The first-order valence-electron chi connectivity index (χ1n) is 5.42. The second-order valence-electron chi connectivity index (χ2n) is 3.96. The van der Waals surface area contributed by atoms with Gasteiger partial charge in [0.1, 0.15) is 0 Å². The molecule has 0 aliphatic carbocycles. The Morgan fingerprint density at radius 1 is 1.59 bits per heavy atom. The lowest BCUT2D eigenvalue weighted by Crippen LogP contribution is -2.33. The summed E-state index contributed by atoms with van der Waals surface area (Å²) < 4.78 is 0. The Hall–Kier alpha value is -1.30. The zero-order valence-electron chi connectivity index (χ0n) is 10.0. The molecule has 0 aromatic carbocycles. The van der Waals surface area contributed by atoms with E-state index in [1.165, 1.54) is 6.07 Å². The highest BCUT2D eigenvalue weighted by molar-refractivity contribution is 8.00. The Morgan fingerprint density at radius 2 is 2.24 bits per heavy atom. The molecule has 0 fully saturated rings. The molecule has 0 unspecified atom stereocenters. The zero-order chi connectivity index (χ0) is 13.0. The fourth-order valence-electron chi connectivity index (χ4n) is 1.24. The first kappa shape index (κ1) is 13.8. The van der Waals surface area contributed by atoms with Gasteiger partial charge in [0.2, 0.25) is 0 Å². The molecule has 0 aliphatic heterocycles. The average Bonchev–Trinajstić information content (AvgIpc) is 2.24. The van der Waals surface area contributed by atoms with E-state index in [9.17, 15) is 14.7 Å². The van der Waals surface area contributed by atoms with E-state index in [1.54, 1.807) is 6.92 Å². The molecule has 1 aromatic rings. The molecule has 5 nitrogen and oxygen atoms in total. The van der Waals surface area contributed by atoms with Crippen LogP contribution in [0.2, 0.25) is 0 Å². The highest BCUT2D eigenvalue weighted by atomic mass is 32.2. The maximum Gasteiger partial charge on any atom is 0.251 e. The fraction of sp³-hybridized carbons (Fsp3) is 0.545. The summed E-state index contributed by atoms with van der Waals surface area (Å²) in [5.74, 6) is -1.02. The summed E-state index contributed by atoms with van der Waals surface area (Å²) in [5.41, 5.74) is 0.392. The quantitative estimate of drug-likeness (QED) is 0.612. The summed E-state index contributed by atoms with van der Waals surface area (Å²) >= 11 is 1.01. The van der Waals surface area contributed by atoms with Crippen LogP contribution in [0, 0.1) is 0 Å². The number of carbonyl (C=O) groups is 1. The van der Waals surface area contributed by atoms with Gasteiger partial charge in [-0.25, -0.2) is 4.98 Å². The van der Waals surface area contributed by atoms with Crippen molar-refractivity contribution < 1.29 is 9.90 Å². The van der Waals surface area contributed by atoms with Crippen LogP contribution in [0.4, 0.5) is 0 Å². The van der Waals surface area contributed by atoms with E-state index in [-0.39, 0.29) is 11.5 Å². The lowest BCUT2D eigenvalue weighted by atomic mass is 10.1. The van der Waals surface area contributed by atoms with Crippen molar-refractivity contribution in [1.29, 1.82) is 0 Å². The largest absolute Gasteiger partial charge is 0.549 e. The molecule has 6 heteroatoms. The molecule has 1 N–H and O–H groups in total.